The number of nitrogens with zero attached hydrogens (tertiary/aromatic N) is 5. The predicted octanol–water partition coefficient (Wildman–Crippen LogP) is 4.33. The number of aromatic nitrogens is 1. The third-order valence-electron chi connectivity index (χ3n) is 11.0. The predicted molar refractivity (Wildman–Crippen MR) is 199 cm³/mol. The second kappa shape index (κ2) is 15.0. The second-order valence-corrected chi connectivity index (χ2v) is 14.4. The van der Waals surface area contributed by atoms with Gasteiger partial charge in [-0.2, -0.15) is 0 Å². The topological polar surface area (TPSA) is 141 Å². The number of anilines is 1. The van der Waals surface area contributed by atoms with E-state index in [2.05, 4.69) is 20.0 Å². The Morgan fingerprint density at radius 3 is 2.30 bits per heavy atom. The lowest BCUT2D eigenvalue weighted by Crippen LogP contribution is -2.53. The highest BCUT2D eigenvalue weighted by molar-refractivity contribution is 6.05. The summed E-state index contributed by atoms with van der Waals surface area (Å²) in [6, 6.07) is 23.4. The number of carbonyl (C=O) groups excluding carboxylic acids is 4. The SMILES string of the molecule is NC(=O)c1ccc(N2CCN(C3CCN(Cc4cc5c(cc4F)C(=O)N(C4CCC(=O)NC4=O)C5)CC3)CC2)nc1-c1ccc(Oc2ccccc2)cc1. The maximum atomic E-state index is 15.3. The van der Waals surface area contributed by atoms with Gasteiger partial charge in [0.25, 0.3) is 11.8 Å². The number of imide groups is 1. The zero-order valence-electron chi connectivity index (χ0n) is 29.9. The van der Waals surface area contributed by atoms with Gasteiger partial charge in [0.05, 0.1) is 11.3 Å². The molecule has 0 bridgehead atoms. The van der Waals surface area contributed by atoms with Crippen LogP contribution in [0.3, 0.4) is 0 Å². The molecule has 3 N–H and O–H groups in total. The molecule has 12 nitrogen and oxygen atoms in total. The zero-order valence-corrected chi connectivity index (χ0v) is 29.9. The average Bonchev–Trinajstić information content (AvgIpc) is 3.49. The Morgan fingerprint density at radius 2 is 1.59 bits per heavy atom. The third kappa shape index (κ3) is 7.29. The maximum Gasteiger partial charge on any atom is 0.255 e. The molecule has 5 heterocycles. The Morgan fingerprint density at radius 1 is 0.870 bits per heavy atom. The van der Waals surface area contributed by atoms with Crippen LogP contribution in [0.4, 0.5) is 10.2 Å². The number of halogens is 1. The molecule has 4 aromatic rings. The van der Waals surface area contributed by atoms with Crippen LogP contribution in [0.1, 0.15) is 57.5 Å². The lowest BCUT2D eigenvalue weighted by atomic mass is 10.00. The lowest BCUT2D eigenvalue weighted by molar-refractivity contribution is -0.136. The van der Waals surface area contributed by atoms with Crippen molar-refractivity contribution in [1.29, 1.82) is 0 Å². The van der Waals surface area contributed by atoms with E-state index in [-0.39, 0.29) is 36.8 Å². The van der Waals surface area contributed by atoms with E-state index in [0.717, 1.165) is 69.2 Å². The Bertz CT molecular complexity index is 2080. The minimum atomic E-state index is -0.726. The van der Waals surface area contributed by atoms with Gasteiger partial charge in [-0.15, -0.1) is 0 Å². The molecule has 3 aromatic carbocycles. The van der Waals surface area contributed by atoms with E-state index < -0.39 is 23.7 Å². The van der Waals surface area contributed by atoms with Crippen molar-refractivity contribution in [3.63, 3.8) is 0 Å². The fraction of sp³-hybridized carbons (Fsp3) is 0.341. The summed E-state index contributed by atoms with van der Waals surface area (Å²) in [4.78, 5) is 62.9. The molecule has 0 saturated carbocycles. The smallest absolute Gasteiger partial charge is 0.255 e. The molecule has 0 aliphatic carbocycles. The molecule has 1 unspecified atom stereocenters. The first-order chi connectivity index (χ1) is 26.2. The number of para-hydroxylation sites is 1. The first-order valence-corrected chi connectivity index (χ1v) is 18.5. The zero-order chi connectivity index (χ0) is 37.3. The molecule has 1 atom stereocenters. The Kier molecular flexibility index (Phi) is 9.82. The number of amides is 4. The number of likely N-dealkylation sites (tertiary alicyclic amines) is 1. The van der Waals surface area contributed by atoms with Crippen molar-refractivity contribution in [1.82, 2.24) is 25.0 Å². The van der Waals surface area contributed by atoms with Crippen molar-refractivity contribution in [2.24, 2.45) is 5.73 Å². The van der Waals surface area contributed by atoms with Gasteiger partial charge in [0.2, 0.25) is 11.8 Å². The molecule has 3 saturated heterocycles. The number of pyridine rings is 1. The van der Waals surface area contributed by atoms with Gasteiger partial charge in [0.1, 0.15) is 29.2 Å². The number of piperazine rings is 1. The number of benzene rings is 3. The highest BCUT2D eigenvalue weighted by atomic mass is 19.1. The maximum absolute atomic E-state index is 15.3. The number of piperidine rings is 2. The molecule has 4 aliphatic rings. The lowest BCUT2D eigenvalue weighted by Gasteiger charge is -2.43. The quantitative estimate of drug-likeness (QED) is 0.241. The molecule has 0 spiro atoms. The van der Waals surface area contributed by atoms with Crippen molar-refractivity contribution in [2.75, 3.05) is 44.2 Å². The van der Waals surface area contributed by atoms with Gasteiger partial charge in [-0.25, -0.2) is 9.37 Å². The Labute approximate surface area is 312 Å². The first kappa shape index (κ1) is 35.4. The van der Waals surface area contributed by atoms with Gasteiger partial charge in [-0.05, 0) is 98.6 Å². The second-order valence-electron chi connectivity index (χ2n) is 14.4. The molecule has 1 aromatic heterocycles. The average molecular weight is 732 g/mol. The molecule has 3 fully saturated rings. The highest BCUT2D eigenvalue weighted by Gasteiger charge is 2.40. The van der Waals surface area contributed by atoms with Crippen LogP contribution in [0, 0.1) is 5.82 Å². The van der Waals surface area contributed by atoms with Crippen molar-refractivity contribution in [3.05, 3.63) is 107 Å². The summed E-state index contributed by atoms with van der Waals surface area (Å²) in [5.74, 6) is 0.0775. The standard InChI is InChI=1S/C41H42FN7O5/c42-34-23-33-27(25-49(41(33)53)35-11-13-37(50)45-40(35)52)22-28(34)24-46-16-14-29(15-17-46)47-18-20-48(21-19-47)36-12-10-32(39(43)51)38(44-36)26-6-8-31(9-7-26)54-30-4-2-1-3-5-30/h1-10,12,22-23,29,35H,11,13-21,24-25H2,(H2,43,51)(H,45,50,52). The van der Waals surface area contributed by atoms with Crippen LogP contribution < -0.4 is 20.7 Å². The van der Waals surface area contributed by atoms with E-state index in [0.29, 0.717) is 40.7 Å². The van der Waals surface area contributed by atoms with Gasteiger partial charge >= 0.3 is 0 Å². The van der Waals surface area contributed by atoms with E-state index in [1.807, 2.05) is 60.7 Å². The number of fused-ring (bicyclic) bond motifs is 1. The minimum absolute atomic E-state index is 0.175. The number of nitrogens with one attached hydrogen (secondary N) is 1. The minimum Gasteiger partial charge on any atom is -0.457 e. The molecule has 0 radical (unpaired) electrons. The summed E-state index contributed by atoms with van der Waals surface area (Å²) in [5.41, 5.74) is 8.99. The summed E-state index contributed by atoms with van der Waals surface area (Å²) < 4.78 is 21.3. The van der Waals surface area contributed by atoms with Crippen molar-refractivity contribution >= 4 is 29.4 Å². The molecule has 13 heteroatoms. The largest absolute Gasteiger partial charge is 0.457 e. The van der Waals surface area contributed by atoms with E-state index >= 15 is 4.39 Å². The molecule has 4 aliphatic heterocycles. The fourth-order valence-electron chi connectivity index (χ4n) is 8.11. The summed E-state index contributed by atoms with van der Waals surface area (Å²) in [5, 5.41) is 2.31. The molecule has 4 amide bonds. The number of nitrogens with two attached hydrogens (primary N) is 1. The van der Waals surface area contributed by atoms with E-state index in [4.69, 9.17) is 15.5 Å². The van der Waals surface area contributed by atoms with Gasteiger partial charge in [0.15, 0.2) is 0 Å². The van der Waals surface area contributed by atoms with Crippen LogP contribution in [0.25, 0.3) is 11.3 Å². The number of rotatable bonds is 9. The van der Waals surface area contributed by atoms with Crippen LogP contribution in [-0.4, -0.2) is 94.7 Å². The number of primary amides is 1. The molecule has 54 heavy (non-hydrogen) atoms. The van der Waals surface area contributed by atoms with Gasteiger partial charge in [-0.1, -0.05) is 18.2 Å². The Balaban J connectivity index is 0.853. The highest BCUT2D eigenvalue weighted by Crippen LogP contribution is 2.32. The number of hydrogen-bond acceptors (Lipinski definition) is 9. The normalized spacial score (nSPS) is 19.9. The van der Waals surface area contributed by atoms with Crippen LogP contribution >= 0.6 is 0 Å². The molecule has 8 rings (SSSR count). The van der Waals surface area contributed by atoms with Crippen molar-refractivity contribution in [2.45, 2.75) is 50.9 Å². The van der Waals surface area contributed by atoms with Gasteiger partial charge < -0.3 is 20.3 Å². The first-order valence-electron chi connectivity index (χ1n) is 18.5. The molecular formula is C41H42FN7O5. The van der Waals surface area contributed by atoms with Crippen molar-refractivity contribution < 1.29 is 28.3 Å². The fourth-order valence-corrected chi connectivity index (χ4v) is 8.11. The van der Waals surface area contributed by atoms with Crippen LogP contribution in [-0.2, 0) is 22.7 Å². The number of hydrogen-bond donors (Lipinski definition) is 2. The summed E-state index contributed by atoms with van der Waals surface area (Å²) in [6.45, 7) is 5.68. The van der Waals surface area contributed by atoms with E-state index in [1.54, 1.807) is 12.1 Å². The van der Waals surface area contributed by atoms with Crippen LogP contribution in [0.15, 0.2) is 78.9 Å². The van der Waals surface area contributed by atoms with Gasteiger partial charge in [-0.3, -0.25) is 34.3 Å². The summed E-state index contributed by atoms with van der Waals surface area (Å²) >= 11 is 0. The van der Waals surface area contributed by atoms with E-state index in [9.17, 15) is 19.2 Å². The van der Waals surface area contributed by atoms with Crippen LogP contribution in [0.2, 0.25) is 0 Å². The van der Waals surface area contributed by atoms with Gasteiger partial charge in [0, 0.05) is 68.4 Å². The molecular weight excluding hydrogens is 689 g/mol. The summed E-state index contributed by atoms with van der Waals surface area (Å²) in [6.07, 6.45) is 2.38. The van der Waals surface area contributed by atoms with Crippen LogP contribution in [0.5, 0.6) is 11.5 Å². The summed E-state index contributed by atoms with van der Waals surface area (Å²) in [7, 11) is 0. The van der Waals surface area contributed by atoms with E-state index in [1.165, 1.54) is 11.0 Å². The third-order valence-corrected chi connectivity index (χ3v) is 11.0. The number of carbonyl (C=O) groups is 4. The number of ether oxygens (including phenoxy) is 1. The Hall–Kier alpha value is -5.66. The monoisotopic (exact) mass is 731 g/mol. The molecule has 278 valence electrons. The van der Waals surface area contributed by atoms with Crippen molar-refractivity contribution in [3.8, 4) is 22.8 Å².